The zero-order valence-corrected chi connectivity index (χ0v) is 12.9. The van der Waals surface area contributed by atoms with Gasteiger partial charge in [-0.15, -0.1) is 0 Å². The van der Waals surface area contributed by atoms with Gasteiger partial charge in [0.25, 0.3) is 0 Å². The van der Waals surface area contributed by atoms with Crippen LogP contribution in [0.2, 0.25) is 0 Å². The van der Waals surface area contributed by atoms with Gasteiger partial charge in [0.05, 0.1) is 25.5 Å². The van der Waals surface area contributed by atoms with Gasteiger partial charge in [0.1, 0.15) is 5.75 Å². The first kappa shape index (κ1) is 15.2. The molecule has 1 aromatic rings. The third-order valence-electron chi connectivity index (χ3n) is 3.69. The van der Waals surface area contributed by atoms with Crippen LogP contribution in [0.4, 0.5) is 0 Å². The van der Waals surface area contributed by atoms with Crippen molar-refractivity contribution in [3.8, 4) is 5.75 Å². The van der Waals surface area contributed by atoms with Gasteiger partial charge in [-0.25, -0.2) is 0 Å². The number of nitrogens with zero attached hydrogens (tertiary/aromatic N) is 2. The Hall–Kier alpha value is -1.17. The molecule has 20 heavy (non-hydrogen) atoms. The molecule has 0 amide bonds. The Morgan fingerprint density at radius 1 is 1.50 bits per heavy atom. The van der Waals surface area contributed by atoms with Crippen LogP contribution in [0.1, 0.15) is 16.8 Å². The lowest BCUT2D eigenvalue weighted by atomic mass is 10.1. The molecule has 0 aromatic carbocycles. The second-order valence-electron chi connectivity index (χ2n) is 5.44. The van der Waals surface area contributed by atoms with E-state index in [0.717, 1.165) is 55.4 Å². The molecule has 0 aliphatic carbocycles. The van der Waals surface area contributed by atoms with E-state index in [1.54, 1.807) is 7.11 Å². The first-order valence-corrected chi connectivity index (χ1v) is 7.11. The van der Waals surface area contributed by atoms with Gasteiger partial charge in [0, 0.05) is 43.5 Å². The number of rotatable bonds is 5. The lowest BCUT2D eigenvalue weighted by molar-refractivity contribution is 0.00864. The van der Waals surface area contributed by atoms with Crippen molar-refractivity contribution >= 4 is 0 Å². The summed E-state index contributed by atoms with van der Waals surface area (Å²) in [5.41, 5.74) is 3.27. The van der Waals surface area contributed by atoms with Crippen molar-refractivity contribution in [2.75, 3.05) is 40.4 Å². The van der Waals surface area contributed by atoms with Crippen LogP contribution in [-0.2, 0) is 11.3 Å². The minimum Gasteiger partial charge on any atom is -0.496 e. The van der Waals surface area contributed by atoms with Gasteiger partial charge in [-0.05, 0) is 20.9 Å². The number of ether oxygens (including phenoxy) is 2. The maximum Gasteiger partial charge on any atom is 0.128 e. The van der Waals surface area contributed by atoms with Gasteiger partial charge in [0.15, 0.2) is 0 Å². The highest BCUT2D eigenvalue weighted by atomic mass is 16.5. The Kier molecular flexibility index (Phi) is 5.34. The van der Waals surface area contributed by atoms with Gasteiger partial charge in [-0.1, -0.05) is 0 Å². The lowest BCUT2D eigenvalue weighted by Gasteiger charge is -2.28. The smallest absolute Gasteiger partial charge is 0.128 e. The van der Waals surface area contributed by atoms with Crippen LogP contribution in [0.15, 0.2) is 6.20 Å². The van der Waals surface area contributed by atoms with E-state index in [1.165, 1.54) is 0 Å². The molecule has 1 aliphatic heterocycles. The SMILES string of the molecule is COc1c(C)cnc(CN(C)CC2CNCCO2)c1C. The van der Waals surface area contributed by atoms with Crippen molar-refractivity contribution < 1.29 is 9.47 Å². The summed E-state index contributed by atoms with van der Waals surface area (Å²) in [4.78, 5) is 6.79. The summed E-state index contributed by atoms with van der Waals surface area (Å²) in [6, 6.07) is 0. The van der Waals surface area contributed by atoms with Crippen LogP contribution in [0.3, 0.4) is 0 Å². The second-order valence-corrected chi connectivity index (χ2v) is 5.44. The molecular weight excluding hydrogens is 254 g/mol. The zero-order valence-electron chi connectivity index (χ0n) is 12.9. The van der Waals surface area contributed by atoms with Crippen molar-refractivity contribution in [1.82, 2.24) is 15.2 Å². The summed E-state index contributed by atoms with van der Waals surface area (Å²) in [7, 11) is 3.82. The lowest BCUT2D eigenvalue weighted by Crippen LogP contribution is -2.44. The topological polar surface area (TPSA) is 46.6 Å². The molecule has 112 valence electrons. The van der Waals surface area contributed by atoms with Crippen LogP contribution in [-0.4, -0.2) is 56.4 Å². The van der Waals surface area contributed by atoms with Gasteiger partial charge < -0.3 is 14.8 Å². The minimum absolute atomic E-state index is 0.265. The van der Waals surface area contributed by atoms with Crippen molar-refractivity contribution in [1.29, 1.82) is 0 Å². The Morgan fingerprint density at radius 2 is 2.30 bits per heavy atom. The van der Waals surface area contributed by atoms with Crippen molar-refractivity contribution in [2.24, 2.45) is 0 Å². The van der Waals surface area contributed by atoms with Crippen molar-refractivity contribution in [2.45, 2.75) is 26.5 Å². The van der Waals surface area contributed by atoms with E-state index in [1.807, 2.05) is 13.1 Å². The Morgan fingerprint density at radius 3 is 2.95 bits per heavy atom. The third kappa shape index (κ3) is 3.69. The predicted molar refractivity (Wildman–Crippen MR) is 79.2 cm³/mol. The molecule has 1 aliphatic rings. The first-order valence-electron chi connectivity index (χ1n) is 7.11. The molecule has 0 radical (unpaired) electrons. The van der Waals surface area contributed by atoms with Crippen LogP contribution in [0.25, 0.3) is 0 Å². The number of methoxy groups -OCH3 is 1. The fourth-order valence-electron chi connectivity index (χ4n) is 2.64. The normalized spacial score (nSPS) is 19.4. The van der Waals surface area contributed by atoms with E-state index in [4.69, 9.17) is 9.47 Å². The largest absolute Gasteiger partial charge is 0.496 e. The van der Waals surface area contributed by atoms with Gasteiger partial charge in [-0.3, -0.25) is 9.88 Å². The quantitative estimate of drug-likeness (QED) is 0.875. The van der Waals surface area contributed by atoms with Crippen LogP contribution in [0, 0.1) is 13.8 Å². The number of hydrogen-bond donors (Lipinski definition) is 1. The standard InChI is InChI=1S/C15H25N3O2/c1-11-7-17-14(12(2)15(11)19-4)10-18(3)9-13-8-16-5-6-20-13/h7,13,16H,5-6,8-10H2,1-4H3. The molecule has 0 saturated carbocycles. The fourth-order valence-corrected chi connectivity index (χ4v) is 2.64. The number of morpholine rings is 1. The second kappa shape index (κ2) is 7.02. The molecule has 1 fully saturated rings. The summed E-state index contributed by atoms with van der Waals surface area (Å²) in [6.45, 7) is 8.49. The van der Waals surface area contributed by atoms with Crippen LogP contribution < -0.4 is 10.1 Å². The van der Waals surface area contributed by atoms with Crippen molar-refractivity contribution in [3.63, 3.8) is 0 Å². The molecule has 1 atom stereocenters. The summed E-state index contributed by atoms with van der Waals surface area (Å²) in [5.74, 6) is 0.944. The highest BCUT2D eigenvalue weighted by Gasteiger charge is 2.17. The molecule has 1 unspecified atom stereocenters. The van der Waals surface area contributed by atoms with Crippen LogP contribution in [0.5, 0.6) is 5.75 Å². The number of aryl methyl sites for hydroxylation is 1. The summed E-state index contributed by atoms with van der Waals surface area (Å²) in [6.07, 6.45) is 2.15. The summed E-state index contributed by atoms with van der Waals surface area (Å²) < 4.78 is 11.2. The van der Waals surface area contributed by atoms with Crippen molar-refractivity contribution in [3.05, 3.63) is 23.0 Å². The Labute approximate surface area is 121 Å². The van der Waals surface area contributed by atoms with Gasteiger partial charge in [0.2, 0.25) is 0 Å². The highest BCUT2D eigenvalue weighted by Crippen LogP contribution is 2.24. The minimum atomic E-state index is 0.265. The zero-order chi connectivity index (χ0) is 14.5. The number of likely N-dealkylation sites (N-methyl/N-ethyl adjacent to an activating group) is 1. The summed E-state index contributed by atoms with van der Waals surface area (Å²) >= 11 is 0. The van der Waals surface area contributed by atoms with E-state index in [-0.39, 0.29) is 6.10 Å². The van der Waals surface area contributed by atoms with Gasteiger partial charge >= 0.3 is 0 Å². The molecule has 1 N–H and O–H groups in total. The number of aromatic nitrogens is 1. The number of nitrogens with one attached hydrogen (secondary N) is 1. The first-order chi connectivity index (χ1) is 9.61. The average Bonchev–Trinajstić information content (AvgIpc) is 2.44. The number of pyridine rings is 1. The molecular formula is C15H25N3O2. The highest BCUT2D eigenvalue weighted by molar-refractivity contribution is 5.40. The van der Waals surface area contributed by atoms with E-state index in [9.17, 15) is 0 Å². The van der Waals surface area contributed by atoms with Gasteiger partial charge in [-0.2, -0.15) is 0 Å². The molecule has 5 heteroatoms. The van der Waals surface area contributed by atoms with E-state index in [2.05, 4.69) is 29.2 Å². The summed E-state index contributed by atoms with van der Waals surface area (Å²) in [5, 5.41) is 3.35. The molecule has 0 spiro atoms. The molecule has 2 rings (SSSR count). The molecule has 2 heterocycles. The maximum atomic E-state index is 5.73. The van der Waals surface area contributed by atoms with E-state index in [0.29, 0.717) is 0 Å². The third-order valence-corrected chi connectivity index (χ3v) is 3.69. The average molecular weight is 279 g/mol. The monoisotopic (exact) mass is 279 g/mol. The Bertz CT molecular complexity index is 445. The fraction of sp³-hybridized carbons (Fsp3) is 0.667. The molecule has 5 nitrogen and oxygen atoms in total. The van der Waals surface area contributed by atoms with E-state index >= 15 is 0 Å². The maximum absolute atomic E-state index is 5.73. The number of hydrogen-bond acceptors (Lipinski definition) is 5. The predicted octanol–water partition coefficient (Wildman–Crippen LogP) is 1.13. The van der Waals surface area contributed by atoms with Crippen LogP contribution >= 0.6 is 0 Å². The molecule has 1 aromatic heterocycles. The Balaban J connectivity index is 1.98. The molecule has 1 saturated heterocycles. The molecule has 0 bridgehead atoms. The van der Waals surface area contributed by atoms with E-state index < -0.39 is 0 Å².